The highest BCUT2D eigenvalue weighted by Gasteiger charge is 2.29. The van der Waals surface area contributed by atoms with Crippen LogP contribution in [-0.2, 0) is 28.5 Å². The Labute approximate surface area is 183 Å². The van der Waals surface area contributed by atoms with Crippen molar-refractivity contribution in [3.8, 4) is 0 Å². The Kier molecular flexibility index (Phi) is 11.7. The molecule has 11 heteroatoms. The summed E-state index contributed by atoms with van der Waals surface area (Å²) in [5.41, 5.74) is 0. The molecule has 2 amide bonds. The smallest absolute Gasteiger partial charge is 0.234 e. The maximum atomic E-state index is 11.8. The summed E-state index contributed by atoms with van der Waals surface area (Å²) in [6.45, 7) is 4.83. The third kappa shape index (κ3) is 10.2. The van der Waals surface area contributed by atoms with E-state index in [0.717, 1.165) is 12.8 Å². The van der Waals surface area contributed by atoms with Crippen LogP contribution in [0.1, 0.15) is 39.5 Å². The maximum Gasteiger partial charge on any atom is 0.234 e. The van der Waals surface area contributed by atoms with Crippen LogP contribution in [0.25, 0.3) is 0 Å². The van der Waals surface area contributed by atoms with Gasteiger partial charge in [0.1, 0.15) is 12.2 Å². The summed E-state index contributed by atoms with van der Waals surface area (Å²) >= 11 is 0. The molecule has 2 saturated heterocycles. The number of aliphatic hydroxyl groups excluding tert-OH is 2. The highest BCUT2D eigenvalue weighted by molar-refractivity contribution is 5.81. The predicted octanol–water partition coefficient (Wildman–Crippen LogP) is -1.39. The molecule has 11 nitrogen and oxygen atoms in total. The number of nitrogens with one attached hydrogen (secondary N) is 3. The molecular formula is C20H37N3O8. The minimum Gasteiger partial charge on any atom is -0.388 e. The van der Waals surface area contributed by atoms with Crippen LogP contribution in [0.2, 0.25) is 0 Å². The Bertz CT molecular complexity index is 507. The molecule has 0 aromatic heterocycles. The van der Waals surface area contributed by atoms with Crippen LogP contribution in [0, 0.1) is 0 Å². The molecule has 0 bridgehead atoms. The Morgan fingerprint density at radius 3 is 1.65 bits per heavy atom. The van der Waals surface area contributed by atoms with Crippen LogP contribution in [0.5, 0.6) is 0 Å². The van der Waals surface area contributed by atoms with Gasteiger partial charge in [-0.2, -0.15) is 0 Å². The molecule has 0 spiro atoms. The first-order valence-corrected chi connectivity index (χ1v) is 11.0. The lowest BCUT2D eigenvalue weighted by Gasteiger charge is -2.31. The van der Waals surface area contributed by atoms with Crippen molar-refractivity contribution < 1.29 is 38.7 Å². The summed E-state index contributed by atoms with van der Waals surface area (Å²) in [4.78, 5) is 23.6. The lowest BCUT2D eigenvalue weighted by molar-refractivity contribution is -0.235. The van der Waals surface area contributed by atoms with Crippen molar-refractivity contribution in [2.24, 2.45) is 0 Å². The molecule has 0 aliphatic carbocycles. The van der Waals surface area contributed by atoms with E-state index in [-0.39, 0.29) is 63.4 Å². The van der Waals surface area contributed by atoms with Gasteiger partial charge in [-0.25, -0.2) is 0 Å². The Hall–Kier alpha value is -1.34. The molecule has 2 fully saturated rings. The summed E-state index contributed by atoms with van der Waals surface area (Å²) in [7, 11) is 0. The van der Waals surface area contributed by atoms with E-state index in [4.69, 9.17) is 18.9 Å². The van der Waals surface area contributed by atoms with Crippen molar-refractivity contribution in [2.75, 3.05) is 39.4 Å². The largest absolute Gasteiger partial charge is 0.388 e. The number of hydrogen-bond donors (Lipinski definition) is 5. The molecule has 0 aromatic carbocycles. The minimum absolute atomic E-state index is 0.0104. The van der Waals surface area contributed by atoms with Crippen LogP contribution in [0.4, 0.5) is 0 Å². The average Bonchev–Trinajstić information content (AvgIpc) is 2.73. The quantitative estimate of drug-likeness (QED) is 0.228. The standard InChI is InChI=1S/C20H37N3O8/c1-13-3-5-15(24)19(30-13)28-9-7-22-17(26)11-21-12-18(27)23-8-10-29-20-16(25)6-4-14(2)31-20/h13-16,19-21,24-25H,3-12H2,1-2H3,(H,22,26)(H,23,27)/t13-,14-,15-,16-,19+,20+/m0/s1. The van der Waals surface area contributed by atoms with Gasteiger partial charge in [0, 0.05) is 13.1 Å². The number of hydrogen-bond acceptors (Lipinski definition) is 9. The number of aliphatic hydroxyl groups is 2. The zero-order chi connectivity index (χ0) is 22.6. The monoisotopic (exact) mass is 447 g/mol. The van der Waals surface area contributed by atoms with Crippen LogP contribution < -0.4 is 16.0 Å². The summed E-state index contributed by atoms with van der Waals surface area (Å²) < 4.78 is 21.9. The third-order valence-corrected chi connectivity index (χ3v) is 5.08. The highest BCUT2D eigenvalue weighted by atomic mass is 16.7. The van der Waals surface area contributed by atoms with Gasteiger partial charge in [-0.05, 0) is 39.5 Å². The average molecular weight is 448 g/mol. The maximum absolute atomic E-state index is 11.8. The SMILES string of the molecule is C[C@H]1CC[C@H](O)[C@H](OCCNC(=O)CNCC(=O)NCCO[C@@H]2O[C@@H](C)CC[C@@H]2O)O1. The van der Waals surface area contributed by atoms with E-state index in [0.29, 0.717) is 12.8 Å². The lowest BCUT2D eigenvalue weighted by Crippen LogP contribution is -2.43. The van der Waals surface area contributed by atoms with Gasteiger partial charge in [-0.3, -0.25) is 14.9 Å². The molecule has 6 atom stereocenters. The van der Waals surface area contributed by atoms with E-state index in [1.807, 2.05) is 13.8 Å². The highest BCUT2D eigenvalue weighted by Crippen LogP contribution is 2.20. The van der Waals surface area contributed by atoms with Gasteiger partial charge in [-0.1, -0.05) is 0 Å². The summed E-state index contributed by atoms with van der Waals surface area (Å²) in [6, 6.07) is 0. The molecule has 0 unspecified atom stereocenters. The zero-order valence-corrected chi connectivity index (χ0v) is 18.4. The van der Waals surface area contributed by atoms with Gasteiger partial charge in [0.05, 0.1) is 38.5 Å². The molecular weight excluding hydrogens is 410 g/mol. The van der Waals surface area contributed by atoms with Gasteiger partial charge in [-0.15, -0.1) is 0 Å². The van der Waals surface area contributed by atoms with Gasteiger partial charge in [0.2, 0.25) is 11.8 Å². The molecule has 5 N–H and O–H groups in total. The summed E-state index contributed by atoms with van der Waals surface area (Å²) in [6.07, 6.45) is 0.301. The summed E-state index contributed by atoms with van der Waals surface area (Å²) in [5.74, 6) is -0.536. The molecule has 2 aliphatic heterocycles. The molecule has 2 heterocycles. The van der Waals surface area contributed by atoms with Crippen molar-refractivity contribution >= 4 is 11.8 Å². The van der Waals surface area contributed by atoms with Gasteiger partial charge < -0.3 is 39.8 Å². The topological polar surface area (TPSA) is 148 Å². The lowest BCUT2D eigenvalue weighted by atomic mass is 10.1. The Morgan fingerprint density at radius 2 is 1.23 bits per heavy atom. The van der Waals surface area contributed by atoms with E-state index in [2.05, 4.69) is 16.0 Å². The van der Waals surface area contributed by atoms with Crippen molar-refractivity contribution in [3.05, 3.63) is 0 Å². The fourth-order valence-corrected chi connectivity index (χ4v) is 3.30. The van der Waals surface area contributed by atoms with Gasteiger partial charge >= 0.3 is 0 Å². The van der Waals surface area contributed by atoms with Crippen LogP contribution in [0.15, 0.2) is 0 Å². The first-order chi connectivity index (χ1) is 14.8. The van der Waals surface area contributed by atoms with Crippen molar-refractivity contribution in [2.45, 2.75) is 76.5 Å². The fourth-order valence-electron chi connectivity index (χ4n) is 3.30. The van der Waals surface area contributed by atoms with Crippen molar-refractivity contribution in [1.82, 2.24) is 16.0 Å². The number of amides is 2. The first kappa shape index (κ1) is 25.9. The predicted molar refractivity (Wildman–Crippen MR) is 110 cm³/mol. The number of carbonyl (C=O) groups excluding carboxylic acids is 2. The minimum atomic E-state index is -0.664. The van der Waals surface area contributed by atoms with E-state index < -0.39 is 24.8 Å². The Balaban J connectivity index is 1.44. The van der Waals surface area contributed by atoms with Crippen molar-refractivity contribution in [1.29, 1.82) is 0 Å². The summed E-state index contributed by atoms with van der Waals surface area (Å²) in [5, 5.41) is 27.7. The third-order valence-electron chi connectivity index (χ3n) is 5.08. The zero-order valence-electron chi connectivity index (χ0n) is 18.4. The second kappa shape index (κ2) is 13.9. The van der Waals surface area contributed by atoms with Crippen LogP contribution in [-0.4, -0.2) is 98.4 Å². The number of rotatable bonds is 12. The second-order valence-electron chi connectivity index (χ2n) is 7.96. The fraction of sp³-hybridized carbons (Fsp3) is 0.900. The van der Waals surface area contributed by atoms with Gasteiger partial charge in [0.25, 0.3) is 0 Å². The van der Waals surface area contributed by atoms with Crippen LogP contribution >= 0.6 is 0 Å². The van der Waals surface area contributed by atoms with E-state index in [1.165, 1.54) is 0 Å². The molecule has 0 saturated carbocycles. The molecule has 0 aromatic rings. The molecule has 2 aliphatic rings. The van der Waals surface area contributed by atoms with E-state index in [9.17, 15) is 19.8 Å². The molecule has 31 heavy (non-hydrogen) atoms. The van der Waals surface area contributed by atoms with Crippen LogP contribution in [0.3, 0.4) is 0 Å². The molecule has 2 rings (SSSR count). The molecule has 0 radical (unpaired) electrons. The number of ether oxygens (including phenoxy) is 4. The number of carbonyl (C=O) groups is 2. The normalized spacial score (nSPS) is 31.2. The first-order valence-electron chi connectivity index (χ1n) is 11.0. The van der Waals surface area contributed by atoms with Gasteiger partial charge in [0.15, 0.2) is 12.6 Å². The van der Waals surface area contributed by atoms with Crippen molar-refractivity contribution in [3.63, 3.8) is 0 Å². The second-order valence-corrected chi connectivity index (χ2v) is 7.96. The van der Waals surface area contributed by atoms with E-state index >= 15 is 0 Å². The molecule has 180 valence electrons. The Morgan fingerprint density at radius 1 is 0.806 bits per heavy atom. The van der Waals surface area contributed by atoms with E-state index in [1.54, 1.807) is 0 Å².